The molecule has 0 unspecified atom stereocenters. The molecule has 0 saturated carbocycles. The summed E-state index contributed by atoms with van der Waals surface area (Å²) in [6, 6.07) is 11.7. The van der Waals surface area contributed by atoms with E-state index in [1.165, 1.54) is 23.9 Å². The number of nitrogens with one attached hydrogen (secondary N) is 1. The van der Waals surface area contributed by atoms with E-state index in [2.05, 4.69) is 15.5 Å². The second-order valence-corrected chi connectivity index (χ2v) is 5.89. The first-order chi connectivity index (χ1) is 11.7. The lowest BCUT2D eigenvalue weighted by Gasteiger charge is -2.16. The Labute approximate surface area is 143 Å². The fourth-order valence-corrected chi connectivity index (χ4v) is 2.96. The van der Waals surface area contributed by atoms with E-state index in [4.69, 9.17) is 9.47 Å². The van der Waals surface area contributed by atoms with E-state index < -0.39 is 0 Å². The predicted octanol–water partition coefficient (Wildman–Crippen LogP) is 3.57. The van der Waals surface area contributed by atoms with Crippen molar-refractivity contribution in [3.63, 3.8) is 0 Å². The van der Waals surface area contributed by atoms with Crippen molar-refractivity contribution < 1.29 is 13.9 Å². The predicted molar refractivity (Wildman–Crippen MR) is 95.2 cm³/mol. The highest BCUT2D eigenvalue weighted by Gasteiger charge is 2.15. The van der Waals surface area contributed by atoms with Crippen LogP contribution in [-0.2, 0) is 0 Å². The van der Waals surface area contributed by atoms with Gasteiger partial charge in [0, 0.05) is 11.3 Å². The summed E-state index contributed by atoms with van der Waals surface area (Å²) in [5, 5.41) is 5.04. The molecule has 1 aliphatic heterocycles. The minimum absolute atomic E-state index is 0.281. The zero-order valence-corrected chi connectivity index (χ0v) is 14.1. The Balaban J connectivity index is 1.76. The van der Waals surface area contributed by atoms with Gasteiger partial charge < -0.3 is 9.47 Å². The van der Waals surface area contributed by atoms with Crippen molar-refractivity contribution in [2.75, 3.05) is 20.0 Å². The molecule has 0 radical (unpaired) electrons. The average Bonchev–Trinajstić information content (AvgIpc) is 2.63. The number of methoxy groups -OCH3 is 2. The third-order valence-corrected chi connectivity index (χ3v) is 4.28. The number of benzene rings is 2. The number of amidine groups is 1. The molecule has 5 nitrogen and oxygen atoms in total. The van der Waals surface area contributed by atoms with Crippen LogP contribution in [0.4, 0.5) is 10.1 Å². The van der Waals surface area contributed by atoms with Crippen LogP contribution in [0.1, 0.15) is 5.56 Å². The van der Waals surface area contributed by atoms with Gasteiger partial charge in [-0.1, -0.05) is 11.8 Å². The van der Waals surface area contributed by atoms with Gasteiger partial charge in [-0.15, -0.1) is 0 Å². The lowest BCUT2D eigenvalue weighted by atomic mass is 10.1. The molecule has 124 valence electrons. The Morgan fingerprint density at radius 1 is 1.08 bits per heavy atom. The zero-order valence-electron chi connectivity index (χ0n) is 13.2. The van der Waals surface area contributed by atoms with E-state index in [9.17, 15) is 4.39 Å². The van der Waals surface area contributed by atoms with Crippen LogP contribution in [-0.4, -0.2) is 30.9 Å². The number of aliphatic imine (C=N–C) groups is 1. The molecule has 0 aliphatic carbocycles. The summed E-state index contributed by atoms with van der Waals surface area (Å²) in [4.78, 5) is 4.40. The van der Waals surface area contributed by atoms with E-state index in [1.807, 2.05) is 18.2 Å². The van der Waals surface area contributed by atoms with E-state index in [0.717, 1.165) is 11.3 Å². The second kappa shape index (κ2) is 7.35. The Bertz CT molecular complexity index is 791. The number of hydrogen-bond donors (Lipinski definition) is 1. The first kappa shape index (κ1) is 16.3. The van der Waals surface area contributed by atoms with Gasteiger partial charge >= 0.3 is 0 Å². The summed E-state index contributed by atoms with van der Waals surface area (Å²) in [6.45, 7) is 0. The summed E-state index contributed by atoms with van der Waals surface area (Å²) in [5.74, 6) is 1.73. The molecule has 0 amide bonds. The Hall–Kier alpha value is -2.54. The van der Waals surface area contributed by atoms with Gasteiger partial charge in [0.2, 0.25) is 0 Å². The minimum Gasteiger partial charge on any atom is -0.493 e. The van der Waals surface area contributed by atoms with Crippen molar-refractivity contribution in [2.45, 2.75) is 0 Å². The van der Waals surface area contributed by atoms with Crippen molar-refractivity contribution >= 4 is 28.3 Å². The molecule has 24 heavy (non-hydrogen) atoms. The summed E-state index contributed by atoms with van der Waals surface area (Å²) in [7, 11) is 3.20. The molecule has 2 aromatic rings. The largest absolute Gasteiger partial charge is 0.493 e. The summed E-state index contributed by atoms with van der Waals surface area (Å²) < 4.78 is 23.5. The van der Waals surface area contributed by atoms with Crippen LogP contribution < -0.4 is 14.9 Å². The van der Waals surface area contributed by atoms with Gasteiger partial charge in [0.15, 0.2) is 16.7 Å². The number of halogens is 1. The van der Waals surface area contributed by atoms with Gasteiger partial charge in [0.05, 0.1) is 25.6 Å². The Morgan fingerprint density at radius 3 is 2.46 bits per heavy atom. The highest BCUT2D eigenvalue weighted by Crippen LogP contribution is 2.29. The van der Waals surface area contributed by atoms with E-state index in [1.54, 1.807) is 26.4 Å². The van der Waals surface area contributed by atoms with Crippen LogP contribution in [0.25, 0.3) is 0 Å². The summed E-state index contributed by atoms with van der Waals surface area (Å²) >= 11 is 1.53. The van der Waals surface area contributed by atoms with E-state index in [0.29, 0.717) is 28.1 Å². The molecule has 2 aromatic carbocycles. The molecule has 1 aliphatic rings. The Morgan fingerprint density at radius 2 is 1.83 bits per heavy atom. The fourth-order valence-electron chi connectivity index (χ4n) is 2.17. The molecular formula is C17H16FN3O2S. The number of nitrogens with zero attached hydrogens (tertiary/aromatic N) is 2. The van der Waals surface area contributed by atoms with Crippen LogP contribution in [0.3, 0.4) is 0 Å². The van der Waals surface area contributed by atoms with Gasteiger partial charge in [0.25, 0.3) is 0 Å². The van der Waals surface area contributed by atoms with Gasteiger partial charge in [0.1, 0.15) is 5.82 Å². The molecule has 0 spiro atoms. The van der Waals surface area contributed by atoms with Crippen LogP contribution in [0.5, 0.6) is 11.5 Å². The minimum atomic E-state index is -0.281. The van der Waals surface area contributed by atoms with E-state index >= 15 is 0 Å². The van der Waals surface area contributed by atoms with Crippen LogP contribution in [0.2, 0.25) is 0 Å². The molecule has 1 heterocycles. The molecule has 3 rings (SSSR count). The van der Waals surface area contributed by atoms with Crippen molar-refractivity contribution in [2.24, 2.45) is 10.1 Å². The first-order valence-electron chi connectivity index (χ1n) is 7.21. The highest BCUT2D eigenvalue weighted by molar-refractivity contribution is 8.14. The molecule has 7 heteroatoms. The van der Waals surface area contributed by atoms with Crippen LogP contribution >= 0.6 is 11.8 Å². The van der Waals surface area contributed by atoms with Crippen LogP contribution in [0, 0.1) is 5.82 Å². The van der Waals surface area contributed by atoms with Crippen molar-refractivity contribution in [1.82, 2.24) is 5.43 Å². The third kappa shape index (κ3) is 3.68. The zero-order chi connectivity index (χ0) is 16.9. The van der Waals surface area contributed by atoms with Crippen molar-refractivity contribution in [3.8, 4) is 11.5 Å². The van der Waals surface area contributed by atoms with Gasteiger partial charge in [-0.25, -0.2) is 9.38 Å². The van der Waals surface area contributed by atoms with Crippen molar-refractivity contribution in [1.29, 1.82) is 0 Å². The molecule has 0 atom stereocenters. The maximum absolute atomic E-state index is 12.9. The Kier molecular flexibility index (Phi) is 5.00. The number of ether oxygens (including phenoxy) is 2. The lowest BCUT2D eigenvalue weighted by molar-refractivity contribution is 0.355. The van der Waals surface area contributed by atoms with Crippen LogP contribution in [0.15, 0.2) is 52.6 Å². The average molecular weight is 345 g/mol. The molecule has 0 aromatic heterocycles. The first-order valence-corrected chi connectivity index (χ1v) is 8.20. The number of rotatable bonds is 4. The third-order valence-electron chi connectivity index (χ3n) is 3.41. The maximum atomic E-state index is 12.9. The second-order valence-electron chi connectivity index (χ2n) is 4.92. The number of hydrogen-bond acceptors (Lipinski definition) is 5. The van der Waals surface area contributed by atoms with E-state index in [-0.39, 0.29) is 5.82 Å². The highest BCUT2D eigenvalue weighted by atomic mass is 32.2. The maximum Gasteiger partial charge on any atom is 0.182 e. The monoisotopic (exact) mass is 345 g/mol. The van der Waals surface area contributed by atoms with Gasteiger partial charge in [-0.05, 0) is 42.5 Å². The SMILES string of the molecule is COc1ccc(C2=NNC(=Nc3ccc(F)cc3)SC2)cc1OC. The normalized spacial score (nSPS) is 15.6. The molecule has 1 N–H and O–H groups in total. The molecular weight excluding hydrogens is 329 g/mol. The lowest BCUT2D eigenvalue weighted by Crippen LogP contribution is -2.25. The standard InChI is InChI=1S/C17H16FN3O2S/c1-22-15-8-3-11(9-16(15)23-2)14-10-24-17(21-20-14)19-13-6-4-12(18)5-7-13/h3-9H,10H2,1-2H3,(H,19,21). The molecule has 0 fully saturated rings. The van der Waals surface area contributed by atoms with Gasteiger partial charge in [-0.2, -0.15) is 5.10 Å². The van der Waals surface area contributed by atoms with Crippen molar-refractivity contribution in [3.05, 3.63) is 53.8 Å². The number of thioether (sulfide) groups is 1. The smallest absolute Gasteiger partial charge is 0.182 e. The number of hydrazone groups is 1. The summed E-state index contributed by atoms with van der Waals surface area (Å²) in [5.41, 5.74) is 5.45. The molecule has 0 bridgehead atoms. The fraction of sp³-hybridized carbons (Fsp3) is 0.176. The molecule has 0 saturated heterocycles. The van der Waals surface area contributed by atoms with Gasteiger partial charge in [-0.3, -0.25) is 5.43 Å². The summed E-state index contributed by atoms with van der Waals surface area (Å²) in [6.07, 6.45) is 0. The topological polar surface area (TPSA) is 55.2 Å². The quantitative estimate of drug-likeness (QED) is 0.920.